The molecule has 34 heavy (non-hydrogen) atoms. The number of aromatic nitrogens is 1. The second kappa shape index (κ2) is 8.83. The minimum absolute atomic E-state index is 0.0251. The molecule has 0 spiro atoms. The first-order valence-electron chi connectivity index (χ1n) is 9.84. The van der Waals surface area contributed by atoms with E-state index < -0.39 is 34.7 Å². The van der Waals surface area contributed by atoms with Gasteiger partial charge in [-0.25, -0.2) is 9.78 Å². The van der Waals surface area contributed by atoms with E-state index in [1.807, 2.05) is 0 Å². The third kappa shape index (κ3) is 4.26. The summed E-state index contributed by atoms with van der Waals surface area (Å²) in [4.78, 5) is 64.7. The molecular formula is C22H16N4O7S. The Kier molecular flexibility index (Phi) is 5.90. The van der Waals surface area contributed by atoms with E-state index in [1.54, 1.807) is 11.4 Å². The number of ether oxygens (including phenoxy) is 1. The van der Waals surface area contributed by atoms with Crippen molar-refractivity contribution in [1.29, 1.82) is 0 Å². The minimum Gasteiger partial charge on any atom is -0.449 e. The number of nitrogens with one attached hydrogen (secondary N) is 1. The number of nitrogens with zero attached hydrogens (tertiary/aromatic N) is 3. The molecule has 1 aliphatic heterocycles. The summed E-state index contributed by atoms with van der Waals surface area (Å²) < 4.78 is 5.19. The Morgan fingerprint density at radius 2 is 1.88 bits per heavy atom. The summed E-state index contributed by atoms with van der Waals surface area (Å²) in [6.07, 6.45) is -1.19. The first kappa shape index (κ1) is 22.7. The number of non-ortho nitro benzene ring substituents is 1. The minimum atomic E-state index is -1.19. The van der Waals surface area contributed by atoms with Crippen LogP contribution in [0.4, 0.5) is 10.8 Å². The molecule has 3 aromatic rings. The third-order valence-electron chi connectivity index (χ3n) is 5.07. The predicted molar refractivity (Wildman–Crippen MR) is 121 cm³/mol. The third-order valence-corrected chi connectivity index (χ3v) is 5.82. The summed E-state index contributed by atoms with van der Waals surface area (Å²) in [5.41, 5.74) is 1.18. The van der Waals surface area contributed by atoms with Crippen LogP contribution in [0.25, 0.3) is 11.3 Å². The van der Waals surface area contributed by atoms with Crippen LogP contribution in [-0.4, -0.2) is 51.6 Å². The molecule has 12 heteroatoms. The van der Waals surface area contributed by atoms with Crippen molar-refractivity contribution < 1.29 is 28.8 Å². The zero-order valence-electron chi connectivity index (χ0n) is 17.8. The highest BCUT2D eigenvalue weighted by atomic mass is 32.1. The Morgan fingerprint density at radius 3 is 2.62 bits per heavy atom. The van der Waals surface area contributed by atoms with Crippen molar-refractivity contribution in [3.8, 4) is 11.3 Å². The molecule has 1 atom stereocenters. The van der Waals surface area contributed by atoms with Crippen molar-refractivity contribution in [2.24, 2.45) is 0 Å². The molecule has 0 aliphatic carbocycles. The van der Waals surface area contributed by atoms with Crippen molar-refractivity contribution in [3.05, 3.63) is 74.6 Å². The number of carbonyl (C=O) groups excluding carboxylic acids is 4. The van der Waals surface area contributed by atoms with Crippen LogP contribution in [0.3, 0.4) is 0 Å². The summed E-state index contributed by atoms with van der Waals surface area (Å²) in [5, 5.41) is 15.3. The maximum Gasteiger partial charge on any atom is 0.338 e. The largest absolute Gasteiger partial charge is 0.449 e. The fraction of sp³-hybridized carbons (Fsp3) is 0.136. The van der Waals surface area contributed by atoms with Crippen molar-refractivity contribution in [3.63, 3.8) is 0 Å². The van der Waals surface area contributed by atoms with Gasteiger partial charge in [0.25, 0.3) is 23.4 Å². The Labute approximate surface area is 196 Å². The van der Waals surface area contributed by atoms with Gasteiger partial charge in [-0.05, 0) is 25.1 Å². The average Bonchev–Trinajstić information content (AvgIpc) is 3.38. The molecule has 2 heterocycles. The van der Waals surface area contributed by atoms with Crippen molar-refractivity contribution in [2.45, 2.75) is 13.0 Å². The zero-order chi connectivity index (χ0) is 24.6. The smallest absolute Gasteiger partial charge is 0.338 e. The topological polar surface area (TPSA) is 149 Å². The second-order valence-electron chi connectivity index (χ2n) is 7.31. The number of benzene rings is 2. The van der Waals surface area contributed by atoms with E-state index in [0.29, 0.717) is 11.3 Å². The maximum atomic E-state index is 12.5. The number of anilines is 1. The number of amides is 3. The average molecular weight is 480 g/mol. The number of hydrogen-bond acceptors (Lipinski definition) is 9. The van der Waals surface area contributed by atoms with Gasteiger partial charge in [-0.2, -0.15) is 0 Å². The van der Waals surface area contributed by atoms with Crippen molar-refractivity contribution in [2.75, 3.05) is 12.4 Å². The summed E-state index contributed by atoms with van der Waals surface area (Å²) in [5.74, 6) is -2.46. The van der Waals surface area contributed by atoms with Gasteiger partial charge in [0.2, 0.25) is 0 Å². The molecule has 1 N–H and O–H groups in total. The highest BCUT2D eigenvalue weighted by Crippen LogP contribution is 2.28. The van der Waals surface area contributed by atoms with Crippen LogP contribution < -0.4 is 5.32 Å². The number of fused-ring (bicyclic) bond motifs is 1. The number of esters is 1. The van der Waals surface area contributed by atoms with Crippen LogP contribution in [0.5, 0.6) is 0 Å². The van der Waals surface area contributed by atoms with Gasteiger partial charge >= 0.3 is 5.97 Å². The molecule has 0 bridgehead atoms. The summed E-state index contributed by atoms with van der Waals surface area (Å²) in [7, 11) is 1.35. The Hall–Kier alpha value is -4.45. The summed E-state index contributed by atoms with van der Waals surface area (Å²) in [6, 6.07) is 9.91. The Morgan fingerprint density at radius 1 is 1.15 bits per heavy atom. The number of nitro groups is 1. The normalized spacial score (nSPS) is 13.4. The molecule has 3 amide bonds. The lowest BCUT2D eigenvalue weighted by molar-refractivity contribution is -0.384. The van der Waals surface area contributed by atoms with Crippen molar-refractivity contribution in [1.82, 2.24) is 9.88 Å². The van der Waals surface area contributed by atoms with Gasteiger partial charge in [0, 0.05) is 30.1 Å². The molecule has 0 saturated heterocycles. The van der Waals surface area contributed by atoms with Gasteiger partial charge in [-0.1, -0.05) is 12.1 Å². The standard InChI is InChI=1S/C22H16N4O7S/c1-11(33-21(30)13-6-7-15-16(9-13)20(29)25(2)19(15)28)18(27)24-22-23-17(10-34-22)12-4-3-5-14(8-12)26(31)32/h3-11H,1-2H3,(H,23,24,27). The van der Waals surface area contributed by atoms with Gasteiger partial charge in [-0.15, -0.1) is 11.3 Å². The van der Waals surface area contributed by atoms with Crippen LogP contribution >= 0.6 is 11.3 Å². The molecule has 172 valence electrons. The molecular weight excluding hydrogens is 464 g/mol. The lowest BCUT2D eigenvalue weighted by Gasteiger charge is -2.12. The van der Waals surface area contributed by atoms with Crippen LogP contribution in [0.2, 0.25) is 0 Å². The van der Waals surface area contributed by atoms with Crippen LogP contribution in [0.1, 0.15) is 38.0 Å². The molecule has 1 unspecified atom stereocenters. The lowest BCUT2D eigenvalue weighted by atomic mass is 10.1. The van der Waals surface area contributed by atoms with E-state index in [4.69, 9.17) is 4.74 Å². The first-order valence-corrected chi connectivity index (χ1v) is 10.7. The van der Waals surface area contributed by atoms with Crippen molar-refractivity contribution >= 4 is 45.8 Å². The van der Waals surface area contributed by atoms with E-state index in [-0.39, 0.29) is 27.5 Å². The number of thiazole rings is 1. The SMILES string of the molecule is CC(OC(=O)c1ccc2c(c1)C(=O)N(C)C2=O)C(=O)Nc1nc(-c2cccc([N+](=O)[O-])c2)cs1. The van der Waals surface area contributed by atoms with E-state index >= 15 is 0 Å². The second-order valence-corrected chi connectivity index (χ2v) is 8.17. The highest BCUT2D eigenvalue weighted by molar-refractivity contribution is 7.14. The first-order chi connectivity index (χ1) is 16.2. The molecule has 1 aliphatic rings. The highest BCUT2D eigenvalue weighted by Gasteiger charge is 2.33. The summed E-state index contributed by atoms with van der Waals surface area (Å²) >= 11 is 1.11. The summed E-state index contributed by atoms with van der Waals surface area (Å²) in [6.45, 7) is 1.37. The molecule has 11 nitrogen and oxygen atoms in total. The Balaban J connectivity index is 1.41. The number of rotatable bonds is 6. The van der Waals surface area contributed by atoms with E-state index in [1.165, 1.54) is 50.4 Å². The fourth-order valence-electron chi connectivity index (χ4n) is 3.22. The lowest BCUT2D eigenvalue weighted by Crippen LogP contribution is -2.30. The number of carbonyl (C=O) groups is 4. The van der Waals surface area contributed by atoms with Crippen LogP contribution in [0.15, 0.2) is 47.8 Å². The number of nitro benzene ring substituents is 1. The molecule has 4 rings (SSSR count). The van der Waals surface area contributed by atoms with E-state index in [9.17, 15) is 29.3 Å². The molecule has 0 radical (unpaired) electrons. The Bertz CT molecular complexity index is 1370. The van der Waals surface area contributed by atoms with E-state index in [2.05, 4.69) is 10.3 Å². The zero-order valence-corrected chi connectivity index (χ0v) is 18.6. The monoisotopic (exact) mass is 480 g/mol. The number of hydrogen-bond donors (Lipinski definition) is 1. The maximum absolute atomic E-state index is 12.5. The van der Waals surface area contributed by atoms with E-state index in [0.717, 1.165) is 16.2 Å². The van der Waals surface area contributed by atoms with Gasteiger partial charge in [0.1, 0.15) is 0 Å². The van der Waals surface area contributed by atoms with Gasteiger partial charge in [-0.3, -0.25) is 34.7 Å². The number of imide groups is 1. The fourth-order valence-corrected chi connectivity index (χ4v) is 3.94. The molecule has 0 fully saturated rings. The van der Waals surface area contributed by atoms with Gasteiger partial charge < -0.3 is 4.74 Å². The van der Waals surface area contributed by atoms with Crippen LogP contribution in [-0.2, 0) is 9.53 Å². The van der Waals surface area contributed by atoms with Crippen LogP contribution in [0, 0.1) is 10.1 Å². The molecule has 1 aromatic heterocycles. The van der Waals surface area contributed by atoms with Gasteiger partial charge in [0.05, 0.1) is 27.3 Å². The predicted octanol–water partition coefficient (Wildman–Crippen LogP) is 3.13. The molecule has 2 aromatic carbocycles. The quantitative estimate of drug-likeness (QED) is 0.245. The molecule has 0 saturated carbocycles. The van der Waals surface area contributed by atoms with Gasteiger partial charge in [0.15, 0.2) is 11.2 Å².